The topological polar surface area (TPSA) is 34.2 Å². The zero-order chi connectivity index (χ0) is 11.8. The molecule has 0 saturated heterocycles. The van der Waals surface area contributed by atoms with Gasteiger partial charge in [0.25, 0.3) is 0 Å². The summed E-state index contributed by atoms with van der Waals surface area (Å²) in [7, 11) is 2.19. The molecule has 0 fully saturated rings. The number of rotatable bonds is 2. The van der Waals surface area contributed by atoms with Gasteiger partial charge >= 0.3 is 0 Å². The minimum Gasteiger partial charge on any atom is -0.343 e. The van der Waals surface area contributed by atoms with Crippen LogP contribution < -0.4 is 5.73 Å². The van der Waals surface area contributed by atoms with E-state index in [-0.39, 0.29) is 0 Å². The van der Waals surface area contributed by atoms with Crippen molar-refractivity contribution in [1.82, 2.24) is 9.47 Å². The second-order valence-corrected chi connectivity index (χ2v) is 4.87. The van der Waals surface area contributed by atoms with Crippen molar-refractivity contribution < 1.29 is 0 Å². The van der Waals surface area contributed by atoms with Crippen molar-refractivity contribution in [2.24, 2.45) is 5.73 Å². The Morgan fingerprint density at radius 2 is 2.12 bits per heavy atom. The standard InChI is InChI=1S/C14H19N3/c1-16-8-6-14-12(10-16)11-4-2-3-5-13(11)17(14)9-7-15/h2-5H,6-10,15H2,1H3. The highest BCUT2D eigenvalue weighted by atomic mass is 15.1. The van der Waals surface area contributed by atoms with Crippen LogP contribution >= 0.6 is 0 Å². The lowest BCUT2D eigenvalue weighted by Gasteiger charge is -2.24. The Bertz CT molecular complexity index is 509. The Balaban J connectivity index is 2.24. The molecule has 1 aromatic carbocycles. The lowest BCUT2D eigenvalue weighted by atomic mass is 10.1. The van der Waals surface area contributed by atoms with Gasteiger partial charge in [0.2, 0.25) is 0 Å². The first-order chi connectivity index (χ1) is 8.31. The van der Waals surface area contributed by atoms with Gasteiger partial charge in [-0.15, -0.1) is 0 Å². The van der Waals surface area contributed by atoms with Gasteiger partial charge in [0, 0.05) is 49.2 Å². The molecule has 0 spiro atoms. The van der Waals surface area contributed by atoms with Crippen LogP contribution in [0.25, 0.3) is 10.9 Å². The molecule has 3 rings (SSSR count). The number of para-hydroxylation sites is 1. The highest BCUT2D eigenvalue weighted by Gasteiger charge is 2.21. The van der Waals surface area contributed by atoms with E-state index in [1.165, 1.54) is 22.2 Å². The van der Waals surface area contributed by atoms with Gasteiger partial charge in [-0.3, -0.25) is 0 Å². The third kappa shape index (κ3) is 1.66. The fourth-order valence-corrected chi connectivity index (χ4v) is 2.92. The predicted molar refractivity (Wildman–Crippen MR) is 71.0 cm³/mol. The van der Waals surface area contributed by atoms with E-state index in [4.69, 9.17) is 5.73 Å². The maximum Gasteiger partial charge on any atom is 0.0486 e. The molecule has 0 atom stereocenters. The van der Waals surface area contributed by atoms with E-state index in [1.807, 2.05) is 0 Å². The first-order valence-electron chi connectivity index (χ1n) is 6.29. The molecule has 90 valence electrons. The SMILES string of the molecule is CN1CCc2c(c3ccccc3n2CCN)C1. The average Bonchev–Trinajstić information content (AvgIpc) is 2.65. The molecule has 2 aromatic rings. The first kappa shape index (κ1) is 10.8. The highest BCUT2D eigenvalue weighted by Crippen LogP contribution is 2.30. The summed E-state index contributed by atoms with van der Waals surface area (Å²) in [6, 6.07) is 8.69. The van der Waals surface area contributed by atoms with E-state index in [2.05, 4.69) is 40.8 Å². The summed E-state index contributed by atoms with van der Waals surface area (Å²) in [5.74, 6) is 0. The van der Waals surface area contributed by atoms with Crippen LogP contribution in [0.3, 0.4) is 0 Å². The molecule has 1 aromatic heterocycles. The Kier molecular flexibility index (Phi) is 2.65. The second-order valence-electron chi connectivity index (χ2n) is 4.87. The fraction of sp³-hybridized carbons (Fsp3) is 0.429. The summed E-state index contributed by atoms with van der Waals surface area (Å²) in [6.07, 6.45) is 1.14. The summed E-state index contributed by atoms with van der Waals surface area (Å²) in [5.41, 5.74) is 10.1. The highest BCUT2D eigenvalue weighted by molar-refractivity contribution is 5.85. The molecule has 0 saturated carbocycles. The van der Waals surface area contributed by atoms with Crippen LogP contribution in [0, 0.1) is 0 Å². The summed E-state index contributed by atoms with van der Waals surface area (Å²) < 4.78 is 2.41. The van der Waals surface area contributed by atoms with Crippen molar-refractivity contribution in [2.45, 2.75) is 19.5 Å². The van der Waals surface area contributed by atoms with Crippen LogP contribution in [0.2, 0.25) is 0 Å². The van der Waals surface area contributed by atoms with Gasteiger partial charge in [0.05, 0.1) is 0 Å². The first-order valence-corrected chi connectivity index (χ1v) is 6.29. The van der Waals surface area contributed by atoms with Crippen LogP contribution in [0.15, 0.2) is 24.3 Å². The largest absolute Gasteiger partial charge is 0.343 e. The molecule has 0 unspecified atom stereocenters. The van der Waals surface area contributed by atoms with Crippen LogP contribution in [0.5, 0.6) is 0 Å². The normalized spacial score (nSPS) is 16.4. The number of nitrogens with two attached hydrogens (primary N) is 1. The number of hydrogen-bond acceptors (Lipinski definition) is 2. The molecular weight excluding hydrogens is 210 g/mol. The zero-order valence-electron chi connectivity index (χ0n) is 10.3. The molecule has 3 heteroatoms. The van der Waals surface area contributed by atoms with Crippen molar-refractivity contribution in [3.8, 4) is 0 Å². The van der Waals surface area contributed by atoms with E-state index in [9.17, 15) is 0 Å². The molecule has 0 amide bonds. The third-order valence-corrected chi connectivity index (χ3v) is 3.71. The molecule has 0 aliphatic carbocycles. The van der Waals surface area contributed by atoms with E-state index >= 15 is 0 Å². The Morgan fingerprint density at radius 3 is 2.94 bits per heavy atom. The predicted octanol–water partition coefficient (Wildman–Crippen LogP) is 1.59. The number of hydrogen-bond donors (Lipinski definition) is 1. The molecular formula is C14H19N3. The summed E-state index contributed by atoms with van der Waals surface area (Å²) >= 11 is 0. The van der Waals surface area contributed by atoms with E-state index < -0.39 is 0 Å². The monoisotopic (exact) mass is 229 g/mol. The maximum absolute atomic E-state index is 5.74. The summed E-state index contributed by atoms with van der Waals surface area (Å²) in [6.45, 7) is 3.85. The molecule has 2 N–H and O–H groups in total. The lowest BCUT2D eigenvalue weighted by molar-refractivity contribution is 0.309. The van der Waals surface area contributed by atoms with Crippen LogP contribution in [-0.2, 0) is 19.5 Å². The Morgan fingerprint density at radius 1 is 1.29 bits per heavy atom. The Labute approximate surface area is 102 Å². The number of likely N-dealkylation sites (N-methyl/N-ethyl adjacent to an activating group) is 1. The summed E-state index contributed by atoms with van der Waals surface area (Å²) in [5, 5.41) is 1.41. The lowest BCUT2D eigenvalue weighted by Crippen LogP contribution is -2.27. The smallest absolute Gasteiger partial charge is 0.0486 e. The Hall–Kier alpha value is -1.32. The van der Waals surface area contributed by atoms with E-state index in [0.717, 1.165) is 26.1 Å². The molecule has 1 aliphatic heterocycles. The molecule has 17 heavy (non-hydrogen) atoms. The third-order valence-electron chi connectivity index (χ3n) is 3.71. The van der Waals surface area contributed by atoms with Gasteiger partial charge in [-0.1, -0.05) is 18.2 Å². The summed E-state index contributed by atoms with van der Waals surface area (Å²) in [4.78, 5) is 2.39. The maximum atomic E-state index is 5.74. The van der Waals surface area contributed by atoms with Crippen LogP contribution in [0.1, 0.15) is 11.3 Å². The van der Waals surface area contributed by atoms with Gasteiger partial charge in [-0.2, -0.15) is 0 Å². The van der Waals surface area contributed by atoms with Gasteiger partial charge in [-0.05, 0) is 18.7 Å². The van der Waals surface area contributed by atoms with Gasteiger partial charge in [-0.25, -0.2) is 0 Å². The molecule has 1 aliphatic rings. The van der Waals surface area contributed by atoms with Gasteiger partial charge in [0.15, 0.2) is 0 Å². The van der Waals surface area contributed by atoms with E-state index in [1.54, 1.807) is 0 Å². The minimum absolute atomic E-state index is 0.709. The van der Waals surface area contributed by atoms with Gasteiger partial charge in [0.1, 0.15) is 0 Å². The quantitative estimate of drug-likeness (QED) is 0.848. The molecule has 0 radical (unpaired) electrons. The van der Waals surface area contributed by atoms with Crippen molar-refractivity contribution in [1.29, 1.82) is 0 Å². The number of nitrogens with zero attached hydrogens (tertiary/aromatic N) is 2. The molecule has 3 nitrogen and oxygen atoms in total. The van der Waals surface area contributed by atoms with E-state index in [0.29, 0.717) is 6.54 Å². The average molecular weight is 229 g/mol. The van der Waals surface area contributed by atoms with Crippen molar-refractivity contribution in [3.05, 3.63) is 35.5 Å². The van der Waals surface area contributed by atoms with Crippen LogP contribution in [0.4, 0.5) is 0 Å². The molecule has 0 bridgehead atoms. The fourth-order valence-electron chi connectivity index (χ4n) is 2.92. The molecule has 2 heterocycles. The number of fused-ring (bicyclic) bond motifs is 3. The zero-order valence-corrected chi connectivity index (χ0v) is 10.3. The van der Waals surface area contributed by atoms with Gasteiger partial charge < -0.3 is 15.2 Å². The van der Waals surface area contributed by atoms with Crippen molar-refractivity contribution in [2.75, 3.05) is 20.1 Å². The van der Waals surface area contributed by atoms with Crippen molar-refractivity contribution in [3.63, 3.8) is 0 Å². The minimum atomic E-state index is 0.709. The number of aromatic nitrogens is 1. The number of benzene rings is 1. The second kappa shape index (κ2) is 4.17. The van der Waals surface area contributed by atoms with Crippen molar-refractivity contribution >= 4 is 10.9 Å². The van der Waals surface area contributed by atoms with Crippen LogP contribution in [-0.4, -0.2) is 29.6 Å².